The largest absolute Gasteiger partial charge is 0.456 e. The van der Waals surface area contributed by atoms with E-state index in [1.165, 1.54) is 19.3 Å². The van der Waals surface area contributed by atoms with Crippen LogP contribution in [0.25, 0.3) is 21.9 Å². The van der Waals surface area contributed by atoms with Crippen LogP contribution >= 0.6 is 0 Å². The van der Waals surface area contributed by atoms with E-state index < -0.39 is 5.54 Å². The highest BCUT2D eigenvalue weighted by atomic mass is 16.3. The number of benzene rings is 2. The molecule has 3 aromatic rings. The van der Waals surface area contributed by atoms with Crippen LogP contribution in [-0.2, 0) is 0 Å². The van der Waals surface area contributed by atoms with Crippen LogP contribution in [0.2, 0.25) is 0 Å². The van der Waals surface area contributed by atoms with Gasteiger partial charge in [-0.05, 0) is 64.0 Å². The van der Waals surface area contributed by atoms with Crippen molar-refractivity contribution in [2.45, 2.75) is 38.6 Å². The highest BCUT2D eigenvalue weighted by molar-refractivity contribution is 6.10. The zero-order valence-electron chi connectivity index (χ0n) is 14.3. The van der Waals surface area contributed by atoms with E-state index in [1.807, 2.05) is 42.5 Å². The minimum atomic E-state index is -0.465. The van der Waals surface area contributed by atoms with Crippen LogP contribution < -0.4 is 0 Å². The zero-order valence-corrected chi connectivity index (χ0v) is 14.3. The Bertz CT molecular complexity index is 900. The van der Waals surface area contributed by atoms with E-state index in [2.05, 4.69) is 18.7 Å². The van der Waals surface area contributed by atoms with Gasteiger partial charge in [0.2, 0.25) is 0 Å². The van der Waals surface area contributed by atoms with Gasteiger partial charge in [-0.3, -0.25) is 9.69 Å². The van der Waals surface area contributed by atoms with Gasteiger partial charge in [-0.25, -0.2) is 0 Å². The predicted molar refractivity (Wildman–Crippen MR) is 97.6 cm³/mol. The van der Waals surface area contributed by atoms with Crippen molar-refractivity contribution in [3.8, 4) is 0 Å². The molecule has 1 aromatic heterocycles. The molecule has 1 aliphatic rings. The minimum absolute atomic E-state index is 0.191. The van der Waals surface area contributed by atoms with E-state index in [9.17, 15) is 4.79 Å². The molecule has 0 radical (unpaired) electrons. The Labute approximate surface area is 142 Å². The number of carbonyl (C=O) groups is 1. The number of rotatable bonds is 3. The van der Waals surface area contributed by atoms with Crippen molar-refractivity contribution in [1.29, 1.82) is 0 Å². The second-order valence-electron chi connectivity index (χ2n) is 7.25. The van der Waals surface area contributed by atoms with Gasteiger partial charge in [0.1, 0.15) is 11.2 Å². The summed E-state index contributed by atoms with van der Waals surface area (Å²) in [6.45, 7) is 6.13. The first-order valence-electron chi connectivity index (χ1n) is 8.78. The van der Waals surface area contributed by atoms with Crippen molar-refractivity contribution in [2.75, 3.05) is 13.1 Å². The average Bonchev–Trinajstić information content (AvgIpc) is 2.99. The van der Waals surface area contributed by atoms with Crippen molar-refractivity contribution < 1.29 is 9.21 Å². The van der Waals surface area contributed by atoms with Crippen LogP contribution in [0.5, 0.6) is 0 Å². The molecule has 0 bridgehead atoms. The molecule has 1 aliphatic heterocycles. The number of hydrogen-bond donors (Lipinski definition) is 0. The summed E-state index contributed by atoms with van der Waals surface area (Å²) in [6.07, 6.45) is 3.64. The summed E-state index contributed by atoms with van der Waals surface area (Å²) in [6, 6.07) is 13.8. The van der Waals surface area contributed by atoms with Crippen LogP contribution in [-0.4, -0.2) is 29.3 Å². The molecule has 24 heavy (non-hydrogen) atoms. The summed E-state index contributed by atoms with van der Waals surface area (Å²) >= 11 is 0. The average molecular weight is 321 g/mol. The molecule has 0 saturated carbocycles. The van der Waals surface area contributed by atoms with E-state index in [0.717, 1.165) is 40.6 Å². The first-order chi connectivity index (χ1) is 11.6. The highest BCUT2D eigenvalue weighted by Crippen LogP contribution is 2.31. The third kappa shape index (κ3) is 2.44. The summed E-state index contributed by atoms with van der Waals surface area (Å²) in [5, 5.41) is 2.09. The first kappa shape index (κ1) is 15.4. The lowest BCUT2D eigenvalue weighted by molar-refractivity contribution is 0.0579. The Morgan fingerprint density at radius 3 is 2.46 bits per heavy atom. The lowest BCUT2D eigenvalue weighted by Crippen LogP contribution is -2.52. The number of carbonyl (C=O) groups excluding carboxylic acids is 1. The molecule has 0 unspecified atom stereocenters. The van der Waals surface area contributed by atoms with Gasteiger partial charge in [-0.2, -0.15) is 0 Å². The Balaban J connectivity index is 1.75. The standard InChI is InChI=1S/C21H23NO2/c1-21(2,22-12-6-3-7-13-22)20(23)15-10-11-19-17(14-15)16-8-4-5-9-18(16)24-19/h4-5,8-11,14H,3,6-7,12-13H2,1-2H3. The number of nitrogens with zero attached hydrogens (tertiary/aromatic N) is 1. The molecule has 2 aromatic carbocycles. The minimum Gasteiger partial charge on any atom is -0.456 e. The van der Waals surface area contributed by atoms with Gasteiger partial charge < -0.3 is 4.42 Å². The summed E-state index contributed by atoms with van der Waals surface area (Å²) in [5.74, 6) is 0.191. The first-order valence-corrected chi connectivity index (χ1v) is 8.78. The molecule has 3 heteroatoms. The number of Topliss-reactive ketones (excluding diaryl/α,β-unsaturated/α-hetero) is 1. The number of likely N-dealkylation sites (tertiary alicyclic amines) is 1. The molecular formula is C21H23NO2. The molecule has 2 heterocycles. The third-order valence-electron chi connectivity index (χ3n) is 5.34. The van der Waals surface area contributed by atoms with Crippen LogP contribution in [0.3, 0.4) is 0 Å². The maximum atomic E-state index is 13.2. The second-order valence-corrected chi connectivity index (χ2v) is 7.25. The van der Waals surface area contributed by atoms with Crippen LogP contribution in [0.1, 0.15) is 43.5 Å². The SMILES string of the molecule is CC(C)(C(=O)c1ccc2oc3ccccc3c2c1)N1CCCCC1. The van der Waals surface area contributed by atoms with E-state index in [0.29, 0.717) is 0 Å². The quantitative estimate of drug-likeness (QED) is 0.634. The summed E-state index contributed by atoms with van der Waals surface area (Å²) < 4.78 is 5.87. The lowest BCUT2D eigenvalue weighted by Gasteiger charge is -2.39. The van der Waals surface area contributed by atoms with Gasteiger partial charge in [-0.1, -0.05) is 24.6 Å². The van der Waals surface area contributed by atoms with Crippen LogP contribution in [0.4, 0.5) is 0 Å². The molecule has 4 rings (SSSR count). The van der Waals surface area contributed by atoms with Crippen LogP contribution in [0, 0.1) is 0 Å². The normalized spacial score (nSPS) is 16.8. The van der Waals surface area contributed by atoms with Crippen molar-refractivity contribution >= 4 is 27.7 Å². The predicted octanol–water partition coefficient (Wildman–Crippen LogP) is 5.03. The molecule has 0 amide bonds. The number of fused-ring (bicyclic) bond motifs is 3. The maximum absolute atomic E-state index is 13.2. The second kappa shape index (κ2) is 5.75. The van der Waals surface area contributed by atoms with Gasteiger partial charge in [0.05, 0.1) is 5.54 Å². The zero-order chi connectivity index (χ0) is 16.7. The van der Waals surface area contributed by atoms with Gasteiger partial charge >= 0.3 is 0 Å². The van der Waals surface area contributed by atoms with Crippen molar-refractivity contribution in [3.05, 3.63) is 48.0 Å². The summed E-state index contributed by atoms with van der Waals surface area (Å²) in [7, 11) is 0. The topological polar surface area (TPSA) is 33.5 Å². The van der Waals surface area contributed by atoms with E-state index in [1.54, 1.807) is 0 Å². The molecule has 124 valence electrons. The molecule has 0 aliphatic carbocycles. The van der Waals surface area contributed by atoms with Gasteiger partial charge in [0, 0.05) is 16.3 Å². The Kier molecular flexibility index (Phi) is 3.69. The Hall–Kier alpha value is -2.13. The van der Waals surface area contributed by atoms with Crippen molar-refractivity contribution in [3.63, 3.8) is 0 Å². The molecular weight excluding hydrogens is 298 g/mol. The molecule has 3 nitrogen and oxygen atoms in total. The monoisotopic (exact) mass is 321 g/mol. The fourth-order valence-electron chi connectivity index (χ4n) is 3.82. The van der Waals surface area contributed by atoms with E-state index in [4.69, 9.17) is 4.42 Å². The van der Waals surface area contributed by atoms with E-state index in [-0.39, 0.29) is 5.78 Å². The van der Waals surface area contributed by atoms with Crippen LogP contribution in [0.15, 0.2) is 46.9 Å². The summed E-state index contributed by atoms with van der Waals surface area (Å²) in [5.41, 5.74) is 2.01. The molecule has 1 fully saturated rings. The van der Waals surface area contributed by atoms with Crippen molar-refractivity contribution in [2.24, 2.45) is 0 Å². The molecule has 0 spiro atoms. The number of piperidine rings is 1. The number of ketones is 1. The maximum Gasteiger partial charge on any atom is 0.182 e. The fourth-order valence-corrected chi connectivity index (χ4v) is 3.82. The smallest absolute Gasteiger partial charge is 0.182 e. The fraction of sp³-hybridized carbons (Fsp3) is 0.381. The van der Waals surface area contributed by atoms with Crippen molar-refractivity contribution in [1.82, 2.24) is 4.90 Å². The third-order valence-corrected chi connectivity index (χ3v) is 5.34. The summed E-state index contributed by atoms with van der Waals surface area (Å²) in [4.78, 5) is 15.5. The number of hydrogen-bond acceptors (Lipinski definition) is 3. The Morgan fingerprint density at radius 1 is 0.958 bits per heavy atom. The van der Waals surface area contributed by atoms with E-state index >= 15 is 0 Å². The number of furan rings is 1. The lowest BCUT2D eigenvalue weighted by atomic mass is 9.89. The van der Waals surface area contributed by atoms with Gasteiger partial charge in [0.25, 0.3) is 0 Å². The Morgan fingerprint density at radius 2 is 1.67 bits per heavy atom. The molecule has 0 atom stereocenters. The molecule has 1 saturated heterocycles. The molecule has 0 N–H and O–H groups in total. The highest BCUT2D eigenvalue weighted by Gasteiger charge is 2.35. The van der Waals surface area contributed by atoms with Gasteiger partial charge in [0.15, 0.2) is 5.78 Å². The number of para-hydroxylation sites is 1. The van der Waals surface area contributed by atoms with Gasteiger partial charge in [-0.15, -0.1) is 0 Å².